The number of carbonyl (C=O) groups excluding carboxylic acids is 1. The maximum Gasteiger partial charge on any atom is 0.0780 e. The summed E-state index contributed by atoms with van der Waals surface area (Å²) in [6, 6.07) is 0. The molecule has 0 N–H and O–H groups in total. The van der Waals surface area contributed by atoms with Gasteiger partial charge in [0.05, 0.1) is 55.4 Å². The Morgan fingerprint density at radius 2 is 0.438 bits per heavy atom. The first-order valence-electron chi connectivity index (χ1n) is 21.3. The molecular formula is C43H92N2O3. The first kappa shape index (κ1) is 51.6. The molecule has 0 heterocycles. The molecule has 0 aromatic carbocycles. The van der Waals surface area contributed by atoms with E-state index in [1.165, 1.54) is 219 Å². The summed E-state index contributed by atoms with van der Waals surface area (Å²) in [5.41, 5.74) is 0. The molecule has 0 aromatic rings. The number of unbranched alkanes of at least 4 members (excludes halogenated alkanes) is 30. The van der Waals surface area contributed by atoms with Crippen LogP contribution in [-0.2, 0) is 0 Å². The van der Waals surface area contributed by atoms with Gasteiger partial charge in [0.2, 0.25) is 0 Å². The molecule has 0 rings (SSSR count). The first-order chi connectivity index (χ1) is 22.9. The van der Waals surface area contributed by atoms with Crippen LogP contribution in [0, 0.1) is 0 Å². The minimum absolute atomic E-state index is 1.12. The topological polar surface area (TPSA) is 63.2 Å². The van der Waals surface area contributed by atoms with Crippen LogP contribution >= 0.6 is 0 Å². The minimum Gasteiger partial charge on any atom is -0.652 e. The second kappa shape index (κ2) is 40.6. The van der Waals surface area contributed by atoms with Gasteiger partial charge in [-0.3, -0.25) is 0 Å². The van der Waals surface area contributed by atoms with Crippen molar-refractivity contribution in [2.45, 2.75) is 219 Å². The Morgan fingerprint density at radius 1 is 0.312 bits per heavy atom. The fourth-order valence-corrected chi connectivity index (χ4v) is 6.27. The smallest absolute Gasteiger partial charge is 0.0780 e. The number of nitrogens with zero attached hydrogens (tertiary/aromatic N) is 2. The van der Waals surface area contributed by atoms with E-state index < -0.39 is 6.16 Å². The summed E-state index contributed by atoms with van der Waals surface area (Å²) in [6.45, 7) is 7.26. The zero-order chi connectivity index (χ0) is 36.6. The molecule has 0 aromatic heterocycles. The lowest BCUT2D eigenvalue weighted by Crippen LogP contribution is -2.37. The molecule has 0 fully saturated rings. The van der Waals surface area contributed by atoms with Crippen LogP contribution in [0.5, 0.6) is 0 Å². The number of hydrogen-bond donors (Lipinski definition) is 0. The van der Waals surface area contributed by atoms with Crippen molar-refractivity contribution in [2.75, 3.05) is 55.4 Å². The Labute approximate surface area is 304 Å². The van der Waals surface area contributed by atoms with Crippen LogP contribution < -0.4 is 10.2 Å². The summed E-state index contributed by atoms with van der Waals surface area (Å²) in [6.07, 6.45) is 44.4. The third-order valence-electron chi connectivity index (χ3n) is 9.36. The first-order valence-corrected chi connectivity index (χ1v) is 21.3. The van der Waals surface area contributed by atoms with E-state index in [1.807, 2.05) is 0 Å². The lowest BCUT2D eigenvalue weighted by Gasteiger charge is -2.23. The summed E-state index contributed by atoms with van der Waals surface area (Å²) in [7, 11) is 13.8. The van der Waals surface area contributed by atoms with Gasteiger partial charge in [-0.05, 0) is 31.8 Å². The normalized spacial score (nSPS) is 11.5. The summed E-state index contributed by atoms with van der Waals surface area (Å²) in [5, 5.41) is 16.7. The fraction of sp³-hybridized carbons (Fsp3) is 0.977. The molecule has 5 heteroatoms. The van der Waals surface area contributed by atoms with Gasteiger partial charge >= 0.3 is 0 Å². The third-order valence-corrected chi connectivity index (χ3v) is 9.36. The van der Waals surface area contributed by atoms with Gasteiger partial charge in [-0.1, -0.05) is 194 Å². The summed E-state index contributed by atoms with van der Waals surface area (Å²) in [5.74, 6) is 0. The fourth-order valence-electron chi connectivity index (χ4n) is 6.27. The summed E-state index contributed by atoms with van der Waals surface area (Å²) >= 11 is 0. The predicted octanol–water partition coefficient (Wildman–Crippen LogP) is 11.5. The second-order valence-electron chi connectivity index (χ2n) is 16.9. The average Bonchev–Trinajstić information content (AvgIpc) is 2.99. The number of rotatable bonds is 34. The number of carboxylic acid groups (broad SMARTS) is 2. The van der Waals surface area contributed by atoms with Crippen molar-refractivity contribution in [1.29, 1.82) is 0 Å². The Hall–Kier alpha value is -0.810. The molecule has 5 nitrogen and oxygen atoms in total. The molecule has 0 aliphatic rings. The molecule has 0 spiro atoms. The van der Waals surface area contributed by atoms with Gasteiger partial charge in [0.25, 0.3) is 0 Å². The molecule has 292 valence electrons. The Balaban J connectivity index is -0.000000758. The average molecular weight is 685 g/mol. The molecule has 0 saturated heterocycles. The van der Waals surface area contributed by atoms with Crippen LogP contribution in [-0.4, -0.2) is 70.5 Å². The van der Waals surface area contributed by atoms with Crippen LogP contribution in [0.15, 0.2) is 0 Å². The Bertz CT molecular complexity index is 548. The molecule has 0 aliphatic heterocycles. The van der Waals surface area contributed by atoms with Crippen LogP contribution in [0.2, 0.25) is 0 Å². The van der Waals surface area contributed by atoms with E-state index in [-0.39, 0.29) is 0 Å². The van der Waals surface area contributed by atoms with Crippen molar-refractivity contribution in [3.8, 4) is 0 Å². The molecule has 0 radical (unpaired) electrons. The standard InChI is InChI=1S/2C21H46N.CH2O3/c2*1-5-6-7-8-9-10-11-12-13-14-15-16-17-18-19-20-21-22(2,3)4;2-1(3)4/h2*5-21H2,1-4H3;(H2,2,3,4)/q2*+1;/p-2. The lowest BCUT2D eigenvalue weighted by molar-refractivity contribution is -0.870. The van der Waals surface area contributed by atoms with E-state index in [9.17, 15) is 0 Å². The molecule has 48 heavy (non-hydrogen) atoms. The highest BCUT2D eigenvalue weighted by Gasteiger charge is 2.06. The Kier molecular flexibility index (Phi) is 43.6. The Morgan fingerprint density at radius 3 is 0.562 bits per heavy atom. The van der Waals surface area contributed by atoms with Gasteiger partial charge in [-0.2, -0.15) is 0 Å². The highest BCUT2D eigenvalue weighted by atomic mass is 16.6. The molecule has 0 saturated carbocycles. The van der Waals surface area contributed by atoms with Gasteiger partial charge in [-0.25, -0.2) is 0 Å². The van der Waals surface area contributed by atoms with Crippen molar-refractivity contribution < 1.29 is 24.0 Å². The van der Waals surface area contributed by atoms with E-state index in [2.05, 4.69) is 56.1 Å². The quantitative estimate of drug-likeness (QED) is 0.0500. The van der Waals surface area contributed by atoms with Crippen LogP contribution in [0.1, 0.15) is 219 Å². The zero-order valence-corrected chi connectivity index (χ0v) is 34.7. The number of quaternary nitrogens is 2. The maximum absolute atomic E-state index is 8.33. The SMILES string of the molecule is CCCCCCCCCCCCCCCCCC[N+](C)(C)C.CCCCCCCCCCCCCCCCCC[N+](C)(C)C.O=C([O-])[O-]. The molecular weight excluding hydrogens is 592 g/mol. The van der Waals surface area contributed by atoms with Gasteiger partial charge in [0.15, 0.2) is 0 Å². The van der Waals surface area contributed by atoms with Crippen LogP contribution in [0.3, 0.4) is 0 Å². The van der Waals surface area contributed by atoms with E-state index in [1.54, 1.807) is 0 Å². The highest BCUT2D eigenvalue weighted by molar-refractivity contribution is 5.47. The zero-order valence-electron chi connectivity index (χ0n) is 34.7. The minimum atomic E-state index is -2.33. The van der Waals surface area contributed by atoms with E-state index >= 15 is 0 Å². The summed E-state index contributed by atoms with van der Waals surface area (Å²) in [4.78, 5) is 8.33. The van der Waals surface area contributed by atoms with Crippen molar-refractivity contribution >= 4 is 6.16 Å². The van der Waals surface area contributed by atoms with E-state index in [0.717, 1.165) is 8.97 Å². The second-order valence-corrected chi connectivity index (χ2v) is 16.9. The van der Waals surface area contributed by atoms with Gasteiger partial charge in [-0.15, -0.1) is 0 Å². The highest BCUT2D eigenvalue weighted by Crippen LogP contribution is 2.15. The monoisotopic (exact) mass is 685 g/mol. The molecule has 0 amide bonds. The summed E-state index contributed by atoms with van der Waals surface area (Å²) < 4.78 is 2.25. The van der Waals surface area contributed by atoms with Crippen LogP contribution in [0.25, 0.3) is 0 Å². The van der Waals surface area contributed by atoms with Crippen LogP contribution in [0.4, 0.5) is 4.79 Å². The van der Waals surface area contributed by atoms with Gasteiger partial charge in [0, 0.05) is 0 Å². The largest absolute Gasteiger partial charge is 0.652 e. The predicted molar refractivity (Wildman–Crippen MR) is 210 cm³/mol. The van der Waals surface area contributed by atoms with Crippen molar-refractivity contribution in [3.63, 3.8) is 0 Å². The lowest BCUT2D eigenvalue weighted by atomic mass is 10.0. The number of carbonyl (C=O) groups is 1. The maximum atomic E-state index is 8.33. The molecule has 0 atom stereocenters. The van der Waals surface area contributed by atoms with E-state index in [0.29, 0.717) is 0 Å². The van der Waals surface area contributed by atoms with Crippen molar-refractivity contribution in [3.05, 3.63) is 0 Å². The van der Waals surface area contributed by atoms with Crippen molar-refractivity contribution in [1.82, 2.24) is 0 Å². The third kappa shape index (κ3) is 63.8. The van der Waals surface area contributed by atoms with Gasteiger partial charge < -0.3 is 24.0 Å². The van der Waals surface area contributed by atoms with Gasteiger partial charge in [0.1, 0.15) is 0 Å². The molecule has 0 aliphatic carbocycles. The molecule has 0 unspecified atom stereocenters. The molecule has 0 bridgehead atoms. The van der Waals surface area contributed by atoms with Crippen molar-refractivity contribution in [2.24, 2.45) is 0 Å². The number of hydrogen-bond acceptors (Lipinski definition) is 3. The van der Waals surface area contributed by atoms with E-state index in [4.69, 9.17) is 15.0 Å².